The van der Waals surface area contributed by atoms with Gasteiger partial charge in [0.15, 0.2) is 0 Å². The molecule has 0 aliphatic heterocycles. The first-order valence-electron chi connectivity index (χ1n) is 6.48. The fraction of sp³-hybridized carbons (Fsp3) is 0.0714. The molecule has 0 unspecified atom stereocenters. The number of aromatic nitrogens is 1. The zero-order valence-electron chi connectivity index (χ0n) is 12.1. The Kier molecular flexibility index (Phi) is 5.04. The molecule has 0 bridgehead atoms. The lowest BCUT2D eigenvalue weighted by atomic mass is 10.3. The molecule has 0 aliphatic rings. The number of hydrogen-bond donors (Lipinski definition) is 3. The summed E-state index contributed by atoms with van der Waals surface area (Å²) in [6.45, 7) is 1.35. The van der Waals surface area contributed by atoms with Crippen molar-refractivity contribution in [2.45, 2.75) is 11.8 Å². The highest BCUT2D eigenvalue weighted by atomic mass is 32.2. The van der Waals surface area contributed by atoms with Crippen LogP contribution >= 0.6 is 0 Å². The second kappa shape index (κ2) is 6.99. The third-order valence-corrected chi connectivity index (χ3v) is 3.97. The molecule has 8 nitrogen and oxygen atoms in total. The van der Waals surface area contributed by atoms with Gasteiger partial charge in [-0.05, 0) is 36.4 Å². The Balaban J connectivity index is 2.04. The Labute approximate surface area is 133 Å². The largest absolute Gasteiger partial charge is 0.326 e. The van der Waals surface area contributed by atoms with Crippen molar-refractivity contribution < 1.29 is 18.0 Å². The number of benzene rings is 1. The van der Waals surface area contributed by atoms with Crippen LogP contribution in [0.2, 0.25) is 0 Å². The summed E-state index contributed by atoms with van der Waals surface area (Å²) in [6.07, 6.45) is 2.81. The first-order valence-corrected chi connectivity index (χ1v) is 7.96. The van der Waals surface area contributed by atoms with Crippen molar-refractivity contribution in [3.8, 4) is 0 Å². The minimum atomic E-state index is -3.92. The van der Waals surface area contributed by atoms with Crippen molar-refractivity contribution >= 4 is 27.5 Å². The number of sulfonamides is 1. The van der Waals surface area contributed by atoms with E-state index in [1.165, 1.54) is 49.6 Å². The van der Waals surface area contributed by atoms with E-state index in [9.17, 15) is 18.0 Å². The van der Waals surface area contributed by atoms with Gasteiger partial charge in [-0.15, -0.1) is 4.83 Å². The highest BCUT2D eigenvalue weighted by Crippen LogP contribution is 2.13. The van der Waals surface area contributed by atoms with Crippen LogP contribution in [0.15, 0.2) is 53.7 Å². The summed E-state index contributed by atoms with van der Waals surface area (Å²) in [5.41, 5.74) is 2.78. The van der Waals surface area contributed by atoms with Crippen LogP contribution in [0, 0.1) is 0 Å². The molecular formula is C14H14N4O4S. The second-order valence-corrected chi connectivity index (χ2v) is 6.19. The van der Waals surface area contributed by atoms with Crippen molar-refractivity contribution in [2.24, 2.45) is 0 Å². The maximum absolute atomic E-state index is 12.1. The molecule has 1 heterocycles. The van der Waals surface area contributed by atoms with Crippen molar-refractivity contribution in [2.75, 3.05) is 5.32 Å². The molecule has 0 radical (unpaired) electrons. The molecule has 2 rings (SSSR count). The Morgan fingerprint density at radius 3 is 2.35 bits per heavy atom. The molecule has 0 spiro atoms. The molecule has 1 aromatic carbocycles. The zero-order chi connectivity index (χ0) is 16.9. The van der Waals surface area contributed by atoms with E-state index in [1.54, 1.807) is 6.07 Å². The normalized spacial score (nSPS) is 10.8. The van der Waals surface area contributed by atoms with Crippen LogP contribution in [0.5, 0.6) is 0 Å². The summed E-state index contributed by atoms with van der Waals surface area (Å²) < 4.78 is 24.1. The van der Waals surface area contributed by atoms with E-state index >= 15 is 0 Å². The Bertz CT molecular complexity index is 804. The third-order valence-electron chi connectivity index (χ3n) is 2.71. The van der Waals surface area contributed by atoms with Crippen LogP contribution in [0.1, 0.15) is 17.3 Å². The smallest absolute Gasteiger partial charge is 0.267 e. The van der Waals surface area contributed by atoms with Crippen molar-refractivity contribution in [1.82, 2.24) is 15.2 Å². The average molecular weight is 334 g/mol. The van der Waals surface area contributed by atoms with Crippen LogP contribution in [0.3, 0.4) is 0 Å². The van der Waals surface area contributed by atoms with Crippen molar-refractivity contribution in [3.63, 3.8) is 0 Å². The van der Waals surface area contributed by atoms with E-state index in [4.69, 9.17) is 0 Å². The van der Waals surface area contributed by atoms with E-state index in [2.05, 4.69) is 15.7 Å². The summed E-state index contributed by atoms with van der Waals surface area (Å²) in [4.78, 5) is 28.4. The number of carbonyl (C=O) groups excluding carboxylic acids is 2. The summed E-state index contributed by atoms with van der Waals surface area (Å²) >= 11 is 0. The SMILES string of the molecule is CC(=O)Nc1ccc(S(=O)(=O)NNC(=O)c2cccnc2)cc1. The van der Waals surface area contributed by atoms with E-state index in [1.807, 2.05) is 4.83 Å². The maximum atomic E-state index is 12.1. The van der Waals surface area contributed by atoms with Gasteiger partial charge in [0.25, 0.3) is 15.9 Å². The number of anilines is 1. The number of carbonyl (C=O) groups is 2. The van der Waals surface area contributed by atoms with Crippen LogP contribution in [0.25, 0.3) is 0 Å². The zero-order valence-corrected chi connectivity index (χ0v) is 12.9. The van der Waals surface area contributed by atoms with Gasteiger partial charge in [-0.25, -0.2) is 8.42 Å². The van der Waals surface area contributed by atoms with Gasteiger partial charge in [0.1, 0.15) is 0 Å². The van der Waals surface area contributed by atoms with Gasteiger partial charge in [-0.1, -0.05) is 0 Å². The molecule has 23 heavy (non-hydrogen) atoms. The van der Waals surface area contributed by atoms with Gasteiger partial charge in [0.2, 0.25) is 5.91 Å². The third kappa shape index (κ3) is 4.59. The lowest BCUT2D eigenvalue weighted by Crippen LogP contribution is -2.41. The monoisotopic (exact) mass is 334 g/mol. The Morgan fingerprint density at radius 2 is 1.78 bits per heavy atom. The maximum Gasteiger partial charge on any atom is 0.267 e. The van der Waals surface area contributed by atoms with Gasteiger partial charge in [-0.3, -0.25) is 20.0 Å². The molecule has 120 valence electrons. The van der Waals surface area contributed by atoms with Crippen LogP contribution in [0.4, 0.5) is 5.69 Å². The van der Waals surface area contributed by atoms with E-state index < -0.39 is 15.9 Å². The van der Waals surface area contributed by atoms with Crippen LogP contribution < -0.4 is 15.6 Å². The van der Waals surface area contributed by atoms with E-state index in [-0.39, 0.29) is 16.4 Å². The number of hydrazine groups is 1. The summed E-state index contributed by atoms with van der Waals surface area (Å²) in [5, 5.41) is 2.52. The summed E-state index contributed by atoms with van der Waals surface area (Å²) in [7, 11) is -3.92. The highest BCUT2D eigenvalue weighted by molar-refractivity contribution is 7.89. The molecular weight excluding hydrogens is 320 g/mol. The lowest BCUT2D eigenvalue weighted by Gasteiger charge is -2.09. The number of pyridine rings is 1. The predicted molar refractivity (Wildman–Crippen MR) is 82.8 cm³/mol. The number of rotatable bonds is 5. The second-order valence-electron chi connectivity index (χ2n) is 4.51. The molecule has 0 atom stereocenters. The van der Waals surface area contributed by atoms with Crippen LogP contribution in [-0.4, -0.2) is 25.2 Å². The molecule has 0 saturated heterocycles. The molecule has 2 aromatic rings. The predicted octanol–water partition coefficient (Wildman–Crippen LogP) is 0.663. The lowest BCUT2D eigenvalue weighted by molar-refractivity contribution is -0.114. The molecule has 3 N–H and O–H groups in total. The molecule has 0 fully saturated rings. The summed E-state index contributed by atoms with van der Waals surface area (Å²) in [5.74, 6) is -0.890. The standard InChI is InChI=1S/C14H14N4O4S/c1-10(19)16-12-4-6-13(7-5-12)23(21,22)18-17-14(20)11-3-2-8-15-9-11/h2-9,18H,1H3,(H,16,19)(H,17,20). The van der Waals surface area contributed by atoms with Gasteiger partial charge < -0.3 is 5.32 Å². The quantitative estimate of drug-likeness (QED) is 0.695. The Morgan fingerprint density at radius 1 is 1.09 bits per heavy atom. The van der Waals surface area contributed by atoms with Gasteiger partial charge in [-0.2, -0.15) is 0 Å². The highest BCUT2D eigenvalue weighted by Gasteiger charge is 2.15. The van der Waals surface area contributed by atoms with Crippen molar-refractivity contribution in [1.29, 1.82) is 0 Å². The molecule has 0 saturated carbocycles. The molecule has 1 aromatic heterocycles. The fourth-order valence-electron chi connectivity index (χ4n) is 1.66. The van der Waals surface area contributed by atoms with Crippen molar-refractivity contribution in [3.05, 3.63) is 54.4 Å². The first kappa shape index (κ1) is 16.6. The number of hydrogen-bond acceptors (Lipinski definition) is 5. The van der Waals surface area contributed by atoms with Gasteiger partial charge >= 0.3 is 0 Å². The number of nitrogens with one attached hydrogen (secondary N) is 3. The fourth-order valence-corrected chi connectivity index (χ4v) is 2.50. The minimum Gasteiger partial charge on any atom is -0.326 e. The Hall–Kier alpha value is -2.78. The van der Waals surface area contributed by atoms with E-state index in [0.717, 1.165) is 0 Å². The first-order chi connectivity index (χ1) is 10.9. The minimum absolute atomic E-state index is 0.0573. The summed E-state index contributed by atoms with van der Waals surface area (Å²) in [6, 6.07) is 8.56. The van der Waals surface area contributed by atoms with Gasteiger partial charge in [0, 0.05) is 25.0 Å². The molecule has 9 heteroatoms. The van der Waals surface area contributed by atoms with Crippen LogP contribution in [-0.2, 0) is 14.8 Å². The molecule has 0 aliphatic carbocycles. The van der Waals surface area contributed by atoms with E-state index in [0.29, 0.717) is 5.69 Å². The topological polar surface area (TPSA) is 117 Å². The number of amides is 2. The average Bonchev–Trinajstić information content (AvgIpc) is 2.53. The molecule has 2 amide bonds. The number of nitrogens with zero attached hydrogens (tertiary/aromatic N) is 1. The van der Waals surface area contributed by atoms with Gasteiger partial charge in [0.05, 0.1) is 10.5 Å².